The Kier molecular flexibility index (Phi) is 5.85. The Hall–Kier alpha value is -3.80. The number of aliphatic hydroxyl groups excluding tert-OH is 2. The second kappa shape index (κ2) is 8.62. The van der Waals surface area contributed by atoms with Crippen LogP contribution in [0.4, 0.5) is 0 Å². The summed E-state index contributed by atoms with van der Waals surface area (Å²) in [4.78, 5) is 24.3. The molecule has 1 aromatic heterocycles. The van der Waals surface area contributed by atoms with Crippen LogP contribution in [-0.4, -0.2) is 62.7 Å². The number of carbonyl (C=O) groups excluding carboxylic acids is 1. The van der Waals surface area contributed by atoms with Crippen LogP contribution in [0, 0.1) is 0 Å². The Balaban J connectivity index is 1.79. The summed E-state index contributed by atoms with van der Waals surface area (Å²) in [5, 5.41) is 49.8. The van der Waals surface area contributed by atoms with Gasteiger partial charge < -0.3 is 44.2 Å². The molecule has 5 N–H and O–H groups in total. The molecule has 0 unspecified atom stereocenters. The lowest BCUT2D eigenvalue weighted by Gasteiger charge is -2.19. The largest absolute Gasteiger partial charge is 0.508 e. The van der Waals surface area contributed by atoms with E-state index in [2.05, 4.69) is 0 Å². The molecule has 0 bridgehead atoms. The van der Waals surface area contributed by atoms with Gasteiger partial charge in [-0.15, -0.1) is 0 Å². The fraction of sp³-hybridized carbons (Fsp3) is 0.273. The number of fused-ring (bicyclic) bond motifs is 1. The maximum Gasteiger partial charge on any atom is 0.302 e. The topological polar surface area (TPSA) is 176 Å². The van der Waals surface area contributed by atoms with Gasteiger partial charge in [0.1, 0.15) is 53.1 Å². The Morgan fingerprint density at radius 3 is 2.39 bits per heavy atom. The predicted octanol–water partition coefficient (Wildman–Crippen LogP) is 0.965. The zero-order chi connectivity index (χ0) is 23.9. The highest BCUT2D eigenvalue weighted by atomic mass is 16.7. The van der Waals surface area contributed by atoms with Gasteiger partial charge in [-0.2, -0.15) is 0 Å². The maximum atomic E-state index is 13.2. The second-order valence-corrected chi connectivity index (χ2v) is 7.42. The van der Waals surface area contributed by atoms with Gasteiger partial charge in [0.25, 0.3) is 0 Å². The molecule has 2 aromatic carbocycles. The summed E-state index contributed by atoms with van der Waals surface area (Å²) in [6.45, 7) is 0.810. The predicted molar refractivity (Wildman–Crippen MR) is 111 cm³/mol. The molecule has 0 spiro atoms. The minimum atomic E-state index is -1.61. The smallest absolute Gasteiger partial charge is 0.302 e. The van der Waals surface area contributed by atoms with E-state index < -0.39 is 47.5 Å². The van der Waals surface area contributed by atoms with E-state index in [1.54, 1.807) is 0 Å². The summed E-state index contributed by atoms with van der Waals surface area (Å²) < 4.78 is 21.6. The van der Waals surface area contributed by atoms with Crippen LogP contribution in [0.15, 0.2) is 45.6 Å². The molecule has 2 heterocycles. The average Bonchev–Trinajstić information content (AvgIpc) is 3.02. The lowest BCUT2D eigenvalue weighted by atomic mass is 10.1. The molecule has 1 fully saturated rings. The number of ether oxygens (including phenoxy) is 3. The van der Waals surface area contributed by atoms with Gasteiger partial charge in [-0.3, -0.25) is 9.59 Å². The maximum absolute atomic E-state index is 13.2. The number of carbonyl (C=O) groups is 1. The number of benzene rings is 2. The van der Waals surface area contributed by atoms with Gasteiger partial charge in [0.2, 0.25) is 17.5 Å². The zero-order valence-electron chi connectivity index (χ0n) is 17.2. The van der Waals surface area contributed by atoms with E-state index in [1.165, 1.54) is 31.2 Å². The molecule has 1 aliphatic heterocycles. The van der Waals surface area contributed by atoms with Crippen molar-refractivity contribution < 1.29 is 49.0 Å². The molecule has 174 valence electrons. The fourth-order valence-corrected chi connectivity index (χ4v) is 3.44. The third-order valence-electron chi connectivity index (χ3n) is 5.05. The van der Waals surface area contributed by atoms with E-state index in [1.807, 2.05) is 0 Å². The Morgan fingerprint density at radius 2 is 1.73 bits per heavy atom. The third-order valence-corrected chi connectivity index (χ3v) is 5.05. The Labute approximate surface area is 185 Å². The van der Waals surface area contributed by atoms with Crippen molar-refractivity contribution in [2.75, 3.05) is 6.61 Å². The molecular weight excluding hydrogens is 440 g/mol. The Bertz CT molecular complexity index is 1250. The number of rotatable bonds is 5. The summed E-state index contributed by atoms with van der Waals surface area (Å²) in [6, 6.07) is 7.61. The highest BCUT2D eigenvalue weighted by molar-refractivity contribution is 5.88. The van der Waals surface area contributed by atoms with Gasteiger partial charge in [-0.25, -0.2) is 0 Å². The number of esters is 1. The van der Waals surface area contributed by atoms with Crippen molar-refractivity contribution in [2.45, 2.75) is 31.5 Å². The van der Waals surface area contributed by atoms with Gasteiger partial charge in [0.05, 0.1) is 0 Å². The molecule has 33 heavy (non-hydrogen) atoms. The summed E-state index contributed by atoms with van der Waals surface area (Å²) >= 11 is 0. The first-order chi connectivity index (χ1) is 15.7. The van der Waals surface area contributed by atoms with Crippen molar-refractivity contribution in [1.82, 2.24) is 0 Å². The van der Waals surface area contributed by atoms with Crippen LogP contribution in [-0.2, 0) is 14.3 Å². The summed E-state index contributed by atoms with van der Waals surface area (Å²) in [5.41, 5.74) is -0.701. The van der Waals surface area contributed by atoms with Crippen molar-refractivity contribution >= 4 is 16.9 Å². The van der Waals surface area contributed by atoms with Gasteiger partial charge >= 0.3 is 5.97 Å². The molecule has 4 rings (SSSR count). The lowest BCUT2D eigenvalue weighted by molar-refractivity contribution is -0.151. The normalized spacial score (nSPS) is 22.4. The first-order valence-electron chi connectivity index (χ1n) is 9.79. The first-order valence-corrected chi connectivity index (χ1v) is 9.79. The molecule has 11 heteroatoms. The molecular formula is C22H20O11. The van der Waals surface area contributed by atoms with Crippen LogP contribution < -0.4 is 10.2 Å². The van der Waals surface area contributed by atoms with Crippen LogP contribution in [0.25, 0.3) is 22.3 Å². The molecule has 3 aromatic rings. The van der Waals surface area contributed by atoms with Crippen molar-refractivity contribution in [1.29, 1.82) is 0 Å². The Morgan fingerprint density at radius 1 is 1.03 bits per heavy atom. The van der Waals surface area contributed by atoms with E-state index in [9.17, 15) is 35.1 Å². The molecule has 0 amide bonds. The number of aromatic hydroxyl groups is 3. The van der Waals surface area contributed by atoms with Gasteiger partial charge in [-0.1, -0.05) is 0 Å². The van der Waals surface area contributed by atoms with E-state index in [0.29, 0.717) is 0 Å². The van der Waals surface area contributed by atoms with Crippen LogP contribution in [0.5, 0.6) is 23.0 Å². The monoisotopic (exact) mass is 460 g/mol. The molecule has 1 aliphatic rings. The molecule has 0 aliphatic carbocycles. The zero-order valence-corrected chi connectivity index (χ0v) is 17.2. The highest BCUT2D eigenvalue weighted by Gasteiger charge is 2.45. The standard InChI is InChI=1S/C22H20O11/c1-9(23)30-8-15-17(27)19(29)22(32-15)33-21-18(28)16-13(26)6-12(25)7-14(16)31-20(21)10-2-4-11(24)5-3-10/h2-7,15,17,19,22,24-27,29H,8H2,1H3/t15-,17-,19+,22-/m1/s1. The molecule has 0 saturated carbocycles. The van der Waals surface area contributed by atoms with Gasteiger partial charge in [-0.05, 0) is 24.3 Å². The molecule has 11 nitrogen and oxygen atoms in total. The van der Waals surface area contributed by atoms with Crippen molar-refractivity contribution in [3.8, 4) is 34.3 Å². The summed E-state index contributed by atoms with van der Waals surface area (Å²) in [6.07, 6.45) is -5.76. The lowest BCUT2D eigenvalue weighted by Crippen LogP contribution is -2.36. The van der Waals surface area contributed by atoms with Crippen LogP contribution >= 0.6 is 0 Å². The van der Waals surface area contributed by atoms with E-state index in [0.717, 1.165) is 12.1 Å². The average molecular weight is 460 g/mol. The quantitative estimate of drug-likeness (QED) is 0.343. The van der Waals surface area contributed by atoms with Gasteiger partial charge in [0, 0.05) is 24.6 Å². The third kappa shape index (κ3) is 4.29. The summed E-state index contributed by atoms with van der Waals surface area (Å²) in [5.74, 6) is -2.19. The molecule has 1 saturated heterocycles. The van der Waals surface area contributed by atoms with Gasteiger partial charge in [0.15, 0.2) is 5.76 Å². The van der Waals surface area contributed by atoms with Crippen LogP contribution in [0.3, 0.4) is 0 Å². The molecule has 4 atom stereocenters. The first kappa shape index (κ1) is 22.4. The van der Waals surface area contributed by atoms with Crippen molar-refractivity contribution in [2.24, 2.45) is 0 Å². The number of phenolic OH excluding ortho intramolecular Hbond substituents is 3. The summed E-state index contributed by atoms with van der Waals surface area (Å²) in [7, 11) is 0. The number of hydrogen-bond donors (Lipinski definition) is 5. The minimum absolute atomic E-state index is 0.0503. The minimum Gasteiger partial charge on any atom is -0.508 e. The fourth-order valence-electron chi connectivity index (χ4n) is 3.44. The number of phenols is 3. The second-order valence-electron chi connectivity index (χ2n) is 7.42. The van der Waals surface area contributed by atoms with E-state index >= 15 is 0 Å². The van der Waals surface area contributed by atoms with E-state index in [-0.39, 0.29) is 40.4 Å². The number of hydrogen-bond acceptors (Lipinski definition) is 11. The number of aliphatic hydroxyl groups is 2. The van der Waals surface area contributed by atoms with Crippen LogP contribution in [0.1, 0.15) is 6.92 Å². The van der Waals surface area contributed by atoms with Crippen LogP contribution in [0.2, 0.25) is 0 Å². The van der Waals surface area contributed by atoms with Crippen molar-refractivity contribution in [3.05, 3.63) is 46.6 Å². The highest BCUT2D eigenvalue weighted by Crippen LogP contribution is 2.37. The SMILES string of the molecule is CC(=O)OC[C@H]1O[C@H](Oc2c(-c3ccc(O)cc3)oc3cc(O)cc(O)c3c2=O)[C@@H](O)[C@@H]1O. The molecule has 0 radical (unpaired) electrons. The van der Waals surface area contributed by atoms with Crippen molar-refractivity contribution in [3.63, 3.8) is 0 Å². The van der Waals surface area contributed by atoms with E-state index in [4.69, 9.17) is 18.6 Å².